The molecule has 0 N–H and O–H groups in total. The molecule has 1 saturated heterocycles. The molecule has 11 heteroatoms. The number of fused-ring (bicyclic) bond motifs is 1. The summed E-state index contributed by atoms with van der Waals surface area (Å²) in [5, 5.41) is 0.671. The molecule has 3 aromatic rings. The second-order valence-corrected chi connectivity index (χ2v) is 13.3. The summed E-state index contributed by atoms with van der Waals surface area (Å²) in [6, 6.07) is 11.0. The fourth-order valence-electron chi connectivity index (χ4n) is 3.97. The van der Waals surface area contributed by atoms with Crippen LogP contribution in [0.5, 0.6) is 0 Å². The van der Waals surface area contributed by atoms with Crippen molar-refractivity contribution in [3.63, 3.8) is 0 Å². The number of aromatic nitrogens is 1. The molecule has 0 aliphatic carbocycles. The van der Waals surface area contributed by atoms with E-state index in [2.05, 4.69) is 4.90 Å². The Morgan fingerprint density at radius 3 is 2.67 bits per heavy atom. The number of carbonyl (C=O) groups is 1. The van der Waals surface area contributed by atoms with Crippen LogP contribution in [0.25, 0.3) is 10.2 Å². The number of benzene rings is 1. The van der Waals surface area contributed by atoms with Crippen LogP contribution in [-0.4, -0.2) is 68.8 Å². The Labute approximate surface area is 207 Å². The molecule has 1 fully saturated rings. The summed E-state index contributed by atoms with van der Waals surface area (Å²) in [6.45, 7) is 1.97. The van der Waals surface area contributed by atoms with Crippen LogP contribution in [0.1, 0.15) is 19.3 Å². The SMILES string of the molecule is CN(C)CCCN(C(=O)C1CCCN(S(=O)(=O)c2ccc(Cl)s2)C1)c1nc2ccccc2s1. The van der Waals surface area contributed by atoms with Gasteiger partial charge in [-0.3, -0.25) is 9.69 Å². The Bertz CT molecular complexity index is 1190. The minimum absolute atomic E-state index is 0.0584. The first-order valence-electron chi connectivity index (χ1n) is 10.8. The van der Waals surface area contributed by atoms with Crippen LogP contribution >= 0.6 is 34.3 Å². The van der Waals surface area contributed by atoms with E-state index in [0.29, 0.717) is 35.4 Å². The van der Waals surface area contributed by atoms with E-state index in [1.807, 2.05) is 38.4 Å². The summed E-state index contributed by atoms with van der Waals surface area (Å²) in [4.78, 5) is 22.3. The molecule has 4 rings (SSSR count). The fourth-order valence-corrected chi connectivity index (χ4v) is 8.12. The molecule has 3 heterocycles. The number of rotatable bonds is 8. The van der Waals surface area contributed by atoms with Crippen LogP contribution < -0.4 is 4.90 Å². The highest BCUT2D eigenvalue weighted by atomic mass is 35.5. The minimum atomic E-state index is -3.67. The van der Waals surface area contributed by atoms with Gasteiger partial charge in [0.2, 0.25) is 5.91 Å². The fraction of sp³-hybridized carbons (Fsp3) is 0.455. The van der Waals surface area contributed by atoms with Crippen molar-refractivity contribution >= 4 is 65.6 Å². The van der Waals surface area contributed by atoms with Gasteiger partial charge >= 0.3 is 0 Å². The number of thiazole rings is 1. The van der Waals surface area contributed by atoms with Crippen LogP contribution in [-0.2, 0) is 14.8 Å². The molecule has 1 aliphatic heterocycles. The van der Waals surface area contributed by atoms with Gasteiger partial charge in [0.15, 0.2) is 5.13 Å². The zero-order valence-electron chi connectivity index (χ0n) is 18.6. The number of amides is 1. The van der Waals surface area contributed by atoms with Gasteiger partial charge in [-0.25, -0.2) is 13.4 Å². The van der Waals surface area contributed by atoms with E-state index in [1.165, 1.54) is 21.7 Å². The summed E-state index contributed by atoms with van der Waals surface area (Å²) in [5.74, 6) is -0.466. The zero-order valence-corrected chi connectivity index (χ0v) is 21.8. The lowest BCUT2D eigenvalue weighted by molar-refractivity contribution is -0.123. The Balaban J connectivity index is 1.56. The summed E-state index contributed by atoms with van der Waals surface area (Å²) in [7, 11) is 0.339. The van der Waals surface area contributed by atoms with Gasteiger partial charge in [0.25, 0.3) is 10.0 Å². The number of piperidine rings is 1. The lowest BCUT2D eigenvalue weighted by atomic mass is 9.98. The van der Waals surface area contributed by atoms with E-state index in [9.17, 15) is 13.2 Å². The first kappa shape index (κ1) is 24.6. The first-order chi connectivity index (χ1) is 15.8. The number of halogens is 1. The highest BCUT2D eigenvalue weighted by Gasteiger charge is 2.36. The summed E-state index contributed by atoms with van der Waals surface area (Å²) in [5.41, 5.74) is 0.866. The summed E-state index contributed by atoms with van der Waals surface area (Å²) in [6.07, 6.45) is 2.10. The minimum Gasteiger partial charge on any atom is -0.309 e. The maximum atomic E-state index is 13.7. The molecule has 2 aromatic heterocycles. The van der Waals surface area contributed by atoms with Crippen molar-refractivity contribution < 1.29 is 13.2 Å². The average molecular weight is 527 g/mol. The maximum absolute atomic E-state index is 13.7. The number of hydrogen-bond donors (Lipinski definition) is 0. The normalized spacial score (nSPS) is 17.6. The quantitative estimate of drug-likeness (QED) is 0.435. The van der Waals surface area contributed by atoms with Gasteiger partial charge in [-0.2, -0.15) is 4.31 Å². The third kappa shape index (κ3) is 5.58. The van der Waals surface area contributed by atoms with E-state index in [0.717, 1.165) is 34.5 Å². The van der Waals surface area contributed by atoms with Crippen LogP contribution in [0.3, 0.4) is 0 Å². The van der Waals surface area contributed by atoms with E-state index < -0.39 is 15.9 Å². The number of carbonyl (C=O) groups excluding carboxylic acids is 1. The monoisotopic (exact) mass is 526 g/mol. The molecule has 1 unspecified atom stereocenters. The van der Waals surface area contributed by atoms with Gasteiger partial charge in [-0.1, -0.05) is 35.1 Å². The molecule has 0 spiro atoms. The number of hydrogen-bond acceptors (Lipinski definition) is 7. The summed E-state index contributed by atoms with van der Waals surface area (Å²) < 4.78 is 29.3. The van der Waals surface area contributed by atoms with Crippen molar-refractivity contribution in [2.45, 2.75) is 23.5 Å². The molecule has 1 aliphatic rings. The Morgan fingerprint density at radius 1 is 1.18 bits per heavy atom. The molecule has 1 aromatic carbocycles. The lowest BCUT2D eigenvalue weighted by Crippen LogP contribution is -2.47. The van der Waals surface area contributed by atoms with Gasteiger partial charge in [-0.15, -0.1) is 11.3 Å². The molecule has 178 valence electrons. The van der Waals surface area contributed by atoms with Gasteiger partial charge < -0.3 is 4.90 Å². The second-order valence-electron chi connectivity index (χ2n) is 8.37. The van der Waals surface area contributed by atoms with E-state index in [4.69, 9.17) is 16.6 Å². The standard InChI is InChI=1S/C22H27ClN4O3S3/c1-25(2)12-6-14-27(22-24-17-8-3-4-9-18(17)31-22)21(28)16-7-5-13-26(15-16)33(29,30)20-11-10-19(23)32-20/h3-4,8-11,16H,5-7,12-15H2,1-2H3. The molecule has 0 saturated carbocycles. The molecule has 7 nitrogen and oxygen atoms in total. The van der Waals surface area contributed by atoms with Gasteiger partial charge in [0.1, 0.15) is 4.21 Å². The maximum Gasteiger partial charge on any atom is 0.252 e. The number of para-hydroxylation sites is 1. The average Bonchev–Trinajstić information content (AvgIpc) is 3.42. The van der Waals surface area contributed by atoms with Crippen LogP contribution in [0, 0.1) is 5.92 Å². The van der Waals surface area contributed by atoms with Crippen LogP contribution in [0.4, 0.5) is 5.13 Å². The van der Waals surface area contributed by atoms with Gasteiger partial charge in [0.05, 0.1) is 20.5 Å². The molecular formula is C22H27ClN4O3S3. The Hall–Kier alpha value is -1.56. The number of nitrogens with zero attached hydrogens (tertiary/aromatic N) is 4. The van der Waals surface area contributed by atoms with Crippen molar-refractivity contribution in [1.29, 1.82) is 0 Å². The first-order valence-corrected chi connectivity index (χ1v) is 14.3. The molecular weight excluding hydrogens is 500 g/mol. The number of sulfonamides is 1. The van der Waals surface area contributed by atoms with E-state index in [1.54, 1.807) is 11.0 Å². The van der Waals surface area contributed by atoms with Crippen molar-refractivity contribution in [3.05, 3.63) is 40.7 Å². The highest BCUT2D eigenvalue weighted by Crippen LogP contribution is 2.33. The molecule has 1 atom stereocenters. The van der Waals surface area contributed by atoms with Crippen molar-refractivity contribution in [3.8, 4) is 0 Å². The molecule has 1 amide bonds. The molecule has 0 radical (unpaired) electrons. The number of anilines is 1. The Kier molecular flexibility index (Phi) is 7.72. The highest BCUT2D eigenvalue weighted by molar-refractivity contribution is 7.91. The lowest BCUT2D eigenvalue weighted by Gasteiger charge is -2.33. The third-order valence-corrected chi connectivity index (χ3v) is 10.3. The topological polar surface area (TPSA) is 73.8 Å². The second kappa shape index (κ2) is 10.4. The smallest absolute Gasteiger partial charge is 0.252 e. The predicted octanol–water partition coefficient (Wildman–Crippen LogP) is 4.40. The predicted molar refractivity (Wildman–Crippen MR) is 136 cm³/mol. The van der Waals surface area contributed by atoms with Crippen LogP contribution in [0.15, 0.2) is 40.6 Å². The van der Waals surface area contributed by atoms with Crippen LogP contribution in [0.2, 0.25) is 4.34 Å². The largest absolute Gasteiger partial charge is 0.309 e. The molecule has 0 bridgehead atoms. The summed E-state index contributed by atoms with van der Waals surface area (Å²) >= 11 is 8.51. The molecule has 33 heavy (non-hydrogen) atoms. The van der Waals surface area contributed by atoms with Crippen molar-refractivity contribution in [1.82, 2.24) is 14.2 Å². The van der Waals surface area contributed by atoms with Gasteiger partial charge in [0, 0.05) is 19.6 Å². The van der Waals surface area contributed by atoms with Crippen molar-refractivity contribution in [2.24, 2.45) is 5.92 Å². The Morgan fingerprint density at radius 2 is 1.97 bits per heavy atom. The van der Waals surface area contributed by atoms with Gasteiger partial charge in [-0.05, 0) is 64.2 Å². The van der Waals surface area contributed by atoms with E-state index >= 15 is 0 Å². The van der Waals surface area contributed by atoms with Crippen molar-refractivity contribution in [2.75, 3.05) is 45.2 Å². The third-order valence-electron chi connectivity index (χ3n) is 5.64. The van der Waals surface area contributed by atoms with E-state index in [-0.39, 0.29) is 16.7 Å². The number of thiophene rings is 1. The zero-order chi connectivity index (χ0) is 23.6.